The van der Waals surface area contributed by atoms with Gasteiger partial charge in [0.1, 0.15) is 5.75 Å². The molecule has 124 valence electrons. The lowest BCUT2D eigenvalue weighted by Gasteiger charge is -2.35. The molecule has 0 spiro atoms. The number of ether oxygens (including phenoxy) is 1. The van der Waals surface area contributed by atoms with E-state index in [0.29, 0.717) is 5.56 Å². The number of rotatable bonds is 5. The van der Waals surface area contributed by atoms with Gasteiger partial charge in [-0.05, 0) is 30.2 Å². The van der Waals surface area contributed by atoms with Crippen LogP contribution in [0.2, 0.25) is 0 Å². The molecular formula is C16H23F3N2O. The molecule has 1 atom stereocenters. The zero-order chi connectivity index (χ0) is 16.2. The largest absolute Gasteiger partial charge is 0.497 e. The fourth-order valence-corrected chi connectivity index (χ4v) is 2.92. The van der Waals surface area contributed by atoms with E-state index in [-0.39, 0.29) is 11.8 Å². The van der Waals surface area contributed by atoms with Crippen molar-refractivity contribution in [2.24, 2.45) is 0 Å². The van der Waals surface area contributed by atoms with E-state index < -0.39 is 11.7 Å². The Morgan fingerprint density at radius 2 is 1.91 bits per heavy atom. The van der Waals surface area contributed by atoms with Crippen LogP contribution in [0.1, 0.15) is 36.9 Å². The first kappa shape index (κ1) is 17.1. The third-order valence-electron chi connectivity index (χ3n) is 4.03. The van der Waals surface area contributed by atoms with Crippen molar-refractivity contribution in [3.63, 3.8) is 0 Å². The Kier molecular flexibility index (Phi) is 5.69. The summed E-state index contributed by atoms with van der Waals surface area (Å²) < 4.78 is 44.4. The topological polar surface area (TPSA) is 24.5 Å². The average Bonchev–Trinajstić information content (AvgIpc) is 2.52. The highest BCUT2D eigenvalue weighted by Crippen LogP contribution is 2.36. The smallest absolute Gasteiger partial charge is 0.416 e. The van der Waals surface area contributed by atoms with Gasteiger partial charge in [-0.15, -0.1) is 0 Å². The molecule has 1 fully saturated rings. The SMILES string of the molecule is CCC[C@@H](c1cc(OC)cc(C(F)(F)F)c1)N1CCNCC1. The van der Waals surface area contributed by atoms with Crippen LogP contribution in [0, 0.1) is 0 Å². The minimum Gasteiger partial charge on any atom is -0.497 e. The number of hydrogen-bond acceptors (Lipinski definition) is 3. The first-order valence-electron chi connectivity index (χ1n) is 7.66. The predicted molar refractivity (Wildman–Crippen MR) is 80.1 cm³/mol. The molecule has 0 aromatic heterocycles. The fraction of sp³-hybridized carbons (Fsp3) is 0.625. The van der Waals surface area contributed by atoms with Crippen molar-refractivity contribution >= 4 is 0 Å². The minimum atomic E-state index is -4.36. The summed E-state index contributed by atoms with van der Waals surface area (Å²) in [6.45, 7) is 5.50. The van der Waals surface area contributed by atoms with Crippen LogP contribution < -0.4 is 10.1 Å². The van der Waals surface area contributed by atoms with E-state index in [2.05, 4.69) is 17.1 Å². The Balaban J connectivity index is 2.36. The summed E-state index contributed by atoms with van der Waals surface area (Å²) in [5.41, 5.74) is 0.0495. The van der Waals surface area contributed by atoms with Gasteiger partial charge in [0.25, 0.3) is 0 Å². The number of nitrogens with one attached hydrogen (secondary N) is 1. The molecule has 0 amide bonds. The van der Waals surface area contributed by atoms with E-state index in [9.17, 15) is 13.2 Å². The van der Waals surface area contributed by atoms with Crippen LogP contribution >= 0.6 is 0 Å². The highest BCUT2D eigenvalue weighted by atomic mass is 19.4. The van der Waals surface area contributed by atoms with E-state index in [1.54, 1.807) is 6.07 Å². The van der Waals surface area contributed by atoms with Gasteiger partial charge in [-0.1, -0.05) is 13.3 Å². The molecule has 1 saturated heterocycles. The lowest BCUT2D eigenvalue weighted by Crippen LogP contribution is -2.45. The van der Waals surface area contributed by atoms with Crippen LogP contribution in [0.3, 0.4) is 0 Å². The molecule has 22 heavy (non-hydrogen) atoms. The van der Waals surface area contributed by atoms with Crippen LogP contribution in [-0.2, 0) is 6.18 Å². The van der Waals surface area contributed by atoms with Crippen molar-refractivity contribution in [2.75, 3.05) is 33.3 Å². The number of nitrogens with zero attached hydrogens (tertiary/aromatic N) is 1. The molecule has 1 N–H and O–H groups in total. The molecule has 0 radical (unpaired) electrons. The zero-order valence-electron chi connectivity index (χ0n) is 13.0. The maximum absolute atomic E-state index is 13.1. The Labute approximate surface area is 129 Å². The van der Waals surface area contributed by atoms with Crippen LogP contribution in [-0.4, -0.2) is 38.2 Å². The van der Waals surface area contributed by atoms with Crippen molar-refractivity contribution in [2.45, 2.75) is 32.0 Å². The van der Waals surface area contributed by atoms with Crippen LogP contribution in [0.4, 0.5) is 13.2 Å². The van der Waals surface area contributed by atoms with Crippen molar-refractivity contribution < 1.29 is 17.9 Å². The molecule has 6 heteroatoms. The molecular weight excluding hydrogens is 293 g/mol. The summed E-state index contributed by atoms with van der Waals surface area (Å²) in [4.78, 5) is 2.26. The van der Waals surface area contributed by atoms with Crippen molar-refractivity contribution in [1.29, 1.82) is 0 Å². The highest BCUT2D eigenvalue weighted by molar-refractivity contribution is 5.37. The Bertz CT molecular complexity index is 485. The molecule has 2 rings (SSSR count). The summed E-state index contributed by atoms with van der Waals surface area (Å²) in [5, 5.41) is 3.27. The third-order valence-corrected chi connectivity index (χ3v) is 4.03. The van der Waals surface area contributed by atoms with Gasteiger partial charge in [0.15, 0.2) is 0 Å². The van der Waals surface area contributed by atoms with Gasteiger partial charge in [0, 0.05) is 32.2 Å². The molecule has 0 unspecified atom stereocenters. The second-order valence-electron chi connectivity index (χ2n) is 5.58. The number of hydrogen-bond donors (Lipinski definition) is 1. The minimum absolute atomic E-state index is 0.00306. The monoisotopic (exact) mass is 316 g/mol. The van der Waals surface area contributed by atoms with E-state index in [0.717, 1.165) is 45.1 Å². The van der Waals surface area contributed by atoms with Crippen molar-refractivity contribution in [1.82, 2.24) is 10.2 Å². The Morgan fingerprint density at radius 1 is 1.23 bits per heavy atom. The van der Waals surface area contributed by atoms with Crippen LogP contribution in [0.15, 0.2) is 18.2 Å². The van der Waals surface area contributed by atoms with Crippen LogP contribution in [0.5, 0.6) is 5.75 Å². The van der Waals surface area contributed by atoms with E-state index in [1.165, 1.54) is 13.2 Å². The van der Waals surface area contributed by atoms with Gasteiger partial charge in [-0.2, -0.15) is 13.2 Å². The summed E-state index contributed by atoms with van der Waals surface area (Å²) in [7, 11) is 1.40. The van der Waals surface area contributed by atoms with Gasteiger partial charge >= 0.3 is 6.18 Å². The maximum atomic E-state index is 13.1. The zero-order valence-corrected chi connectivity index (χ0v) is 13.0. The second-order valence-corrected chi connectivity index (χ2v) is 5.58. The molecule has 0 saturated carbocycles. The lowest BCUT2D eigenvalue weighted by atomic mass is 9.97. The average molecular weight is 316 g/mol. The Morgan fingerprint density at radius 3 is 2.45 bits per heavy atom. The third kappa shape index (κ3) is 4.14. The van der Waals surface area contributed by atoms with Gasteiger partial charge in [-0.25, -0.2) is 0 Å². The number of benzene rings is 1. The molecule has 1 aliphatic rings. The first-order valence-corrected chi connectivity index (χ1v) is 7.66. The number of halogens is 3. The van der Waals surface area contributed by atoms with E-state index in [1.807, 2.05) is 0 Å². The first-order chi connectivity index (χ1) is 10.5. The molecule has 0 aliphatic carbocycles. The molecule has 1 aliphatic heterocycles. The van der Waals surface area contributed by atoms with Crippen molar-refractivity contribution in [3.05, 3.63) is 29.3 Å². The molecule has 1 aromatic rings. The van der Waals surface area contributed by atoms with E-state index in [4.69, 9.17) is 4.74 Å². The summed E-state index contributed by atoms with van der Waals surface area (Å²) in [6, 6.07) is 4.07. The standard InChI is InChI=1S/C16H23F3N2O/c1-3-4-15(21-7-5-20-6-8-21)12-9-13(16(17,18)19)11-14(10-12)22-2/h9-11,15,20H,3-8H2,1-2H3/t15-/m0/s1. The fourth-order valence-electron chi connectivity index (χ4n) is 2.92. The lowest BCUT2D eigenvalue weighted by molar-refractivity contribution is -0.137. The molecule has 1 aromatic carbocycles. The number of piperazine rings is 1. The highest BCUT2D eigenvalue weighted by Gasteiger charge is 2.33. The van der Waals surface area contributed by atoms with Gasteiger partial charge < -0.3 is 10.1 Å². The Hall–Kier alpha value is -1.27. The molecule has 0 bridgehead atoms. The van der Waals surface area contributed by atoms with Crippen LogP contribution in [0.25, 0.3) is 0 Å². The van der Waals surface area contributed by atoms with Gasteiger partial charge in [-0.3, -0.25) is 4.90 Å². The summed E-state index contributed by atoms with van der Waals surface area (Å²) in [6.07, 6.45) is -2.60. The normalized spacial score (nSPS) is 18.2. The van der Waals surface area contributed by atoms with Crippen molar-refractivity contribution in [3.8, 4) is 5.75 Å². The van der Waals surface area contributed by atoms with Gasteiger partial charge in [0.2, 0.25) is 0 Å². The maximum Gasteiger partial charge on any atom is 0.416 e. The number of alkyl halides is 3. The molecule has 3 nitrogen and oxygen atoms in total. The number of methoxy groups -OCH3 is 1. The van der Waals surface area contributed by atoms with E-state index >= 15 is 0 Å². The second kappa shape index (κ2) is 7.33. The molecule has 1 heterocycles. The predicted octanol–water partition coefficient (Wildman–Crippen LogP) is 3.46. The van der Waals surface area contributed by atoms with Gasteiger partial charge in [0.05, 0.1) is 12.7 Å². The summed E-state index contributed by atoms with van der Waals surface area (Å²) in [5.74, 6) is 0.265. The summed E-state index contributed by atoms with van der Waals surface area (Å²) >= 11 is 0. The quantitative estimate of drug-likeness (QED) is 0.900.